The number of carbonyl (C=O) groups excluding carboxylic acids is 2. The van der Waals surface area contributed by atoms with E-state index >= 15 is 0 Å². The smallest absolute Gasteiger partial charge is 0.287 e. The van der Waals surface area contributed by atoms with Crippen LogP contribution in [0.4, 0.5) is 0 Å². The molecule has 0 unspecified atom stereocenters. The van der Waals surface area contributed by atoms with Crippen molar-refractivity contribution in [3.8, 4) is 0 Å². The second kappa shape index (κ2) is 9.02. The summed E-state index contributed by atoms with van der Waals surface area (Å²) in [7, 11) is 1.62. The van der Waals surface area contributed by atoms with Gasteiger partial charge < -0.3 is 15.4 Å². The summed E-state index contributed by atoms with van der Waals surface area (Å²) < 4.78 is 6.60. The highest BCUT2D eigenvalue weighted by Gasteiger charge is 2.20. The van der Waals surface area contributed by atoms with Gasteiger partial charge in [-0.1, -0.05) is 19.4 Å². The van der Waals surface area contributed by atoms with Crippen molar-refractivity contribution < 1.29 is 14.3 Å². The molecule has 0 atom stereocenters. The highest BCUT2D eigenvalue weighted by atomic mass is 16.5. The minimum Gasteiger partial charge on any atom is -0.385 e. The van der Waals surface area contributed by atoms with Crippen molar-refractivity contribution in [2.45, 2.75) is 26.2 Å². The van der Waals surface area contributed by atoms with Crippen LogP contribution < -0.4 is 10.6 Å². The number of hydrogen-bond donors (Lipinski definition) is 2. The monoisotopic (exact) mass is 332 g/mol. The zero-order valence-electron chi connectivity index (χ0n) is 14.2. The van der Waals surface area contributed by atoms with Gasteiger partial charge in [-0.15, -0.1) is 0 Å². The molecule has 0 saturated carbocycles. The minimum atomic E-state index is -0.306. The minimum absolute atomic E-state index is 0.212. The van der Waals surface area contributed by atoms with Crippen LogP contribution in [-0.4, -0.2) is 48.0 Å². The molecular weight excluding hydrogens is 308 g/mol. The zero-order valence-corrected chi connectivity index (χ0v) is 14.2. The summed E-state index contributed by atoms with van der Waals surface area (Å²) in [4.78, 5) is 29.0. The van der Waals surface area contributed by atoms with Crippen molar-refractivity contribution in [1.29, 1.82) is 0 Å². The van der Waals surface area contributed by atoms with Crippen LogP contribution in [-0.2, 0) is 4.74 Å². The fourth-order valence-corrected chi connectivity index (χ4v) is 2.32. The molecule has 7 nitrogen and oxygen atoms in total. The van der Waals surface area contributed by atoms with Crippen molar-refractivity contribution in [1.82, 2.24) is 20.0 Å². The Hall–Kier alpha value is -2.41. The Morgan fingerprint density at radius 2 is 1.92 bits per heavy atom. The number of fused-ring (bicyclic) bond motifs is 1. The fraction of sp³-hybridized carbons (Fsp3) is 0.471. The van der Waals surface area contributed by atoms with Crippen LogP contribution in [0.1, 0.15) is 47.3 Å². The van der Waals surface area contributed by atoms with Crippen LogP contribution in [0.5, 0.6) is 0 Å². The molecule has 0 radical (unpaired) electrons. The molecule has 0 saturated heterocycles. The van der Waals surface area contributed by atoms with E-state index < -0.39 is 0 Å². The van der Waals surface area contributed by atoms with Crippen LogP contribution in [0.15, 0.2) is 24.4 Å². The van der Waals surface area contributed by atoms with Crippen LogP contribution in [0.25, 0.3) is 5.52 Å². The Kier molecular flexibility index (Phi) is 6.74. The first kappa shape index (κ1) is 17.9. The van der Waals surface area contributed by atoms with Crippen molar-refractivity contribution >= 4 is 17.3 Å². The molecule has 2 N–H and O–H groups in total. The number of aromatic nitrogens is 2. The van der Waals surface area contributed by atoms with Gasteiger partial charge in [0.25, 0.3) is 11.8 Å². The maximum Gasteiger partial charge on any atom is 0.287 e. The van der Waals surface area contributed by atoms with Gasteiger partial charge in [-0.25, -0.2) is 4.98 Å². The molecule has 0 bridgehead atoms. The fourth-order valence-electron chi connectivity index (χ4n) is 2.32. The van der Waals surface area contributed by atoms with Gasteiger partial charge in [-0.2, -0.15) is 0 Å². The van der Waals surface area contributed by atoms with E-state index in [9.17, 15) is 9.59 Å². The number of methoxy groups -OCH3 is 1. The molecule has 0 aromatic carbocycles. The highest BCUT2D eigenvalue weighted by Crippen LogP contribution is 2.13. The second-order valence-electron chi connectivity index (χ2n) is 5.45. The van der Waals surface area contributed by atoms with E-state index in [0.717, 1.165) is 19.3 Å². The molecule has 2 amide bonds. The number of hydrogen-bond acceptors (Lipinski definition) is 4. The normalized spacial score (nSPS) is 10.8. The first-order chi connectivity index (χ1) is 11.7. The van der Waals surface area contributed by atoms with Gasteiger partial charge >= 0.3 is 0 Å². The van der Waals surface area contributed by atoms with E-state index in [1.54, 1.807) is 29.8 Å². The predicted molar refractivity (Wildman–Crippen MR) is 91.3 cm³/mol. The van der Waals surface area contributed by atoms with E-state index in [1.165, 1.54) is 0 Å². The molecule has 0 spiro atoms. The molecule has 24 heavy (non-hydrogen) atoms. The zero-order chi connectivity index (χ0) is 17.4. The van der Waals surface area contributed by atoms with Crippen LogP contribution >= 0.6 is 0 Å². The van der Waals surface area contributed by atoms with E-state index in [4.69, 9.17) is 4.74 Å². The summed E-state index contributed by atoms with van der Waals surface area (Å²) in [6, 6.07) is 5.40. The van der Waals surface area contributed by atoms with Crippen molar-refractivity contribution in [3.05, 3.63) is 35.9 Å². The number of nitrogens with zero attached hydrogens (tertiary/aromatic N) is 2. The molecule has 0 aliphatic heterocycles. The Balaban J connectivity index is 2.18. The number of ether oxygens (including phenoxy) is 1. The molecule has 2 heterocycles. The maximum absolute atomic E-state index is 12.4. The molecule has 0 aliphatic rings. The number of pyridine rings is 1. The molecule has 0 fully saturated rings. The van der Waals surface area contributed by atoms with Gasteiger partial charge in [-0.3, -0.25) is 14.0 Å². The molecule has 130 valence electrons. The Morgan fingerprint density at radius 3 is 2.67 bits per heavy atom. The Morgan fingerprint density at radius 1 is 1.17 bits per heavy atom. The van der Waals surface area contributed by atoms with E-state index in [-0.39, 0.29) is 23.3 Å². The third kappa shape index (κ3) is 4.32. The summed E-state index contributed by atoms with van der Waals surface area (Å²) in [6.45, 7) is 3.73. The quantitative estimate of drug-likeness (QED) is 0.684. The van der Waals surface area contributed by atoms with Gasteiger partial charge in [0, 0.05) is 33.0 Å². The molecule has 0 aliphatic carbocycles. The topological polar surface area (TPSA) is 84.7 Å². The molecule has 7 heteroatoms. The van der Waals surface area contributed by atoms with Gasteiger partial charge in [0.2, 0.25) is 5.82 Å². The van der Waals surface area contributed by atoms with Crippen LogP contribution in [0.3, 0.4) is 0 Å². The van der Waals surface area contributed by atoms with Gasteiger partial charge in [0.05, 0.1) is 5.52 Å². The lowest BCUT2D eigenvalue weighted by molar-refractivity contribution is 0.0937. The van der Waals surface area contributed by atoms with E-state index in [1.807, 2.05) is 6.07 Å². The van der Waals surface area contributed by atoms with Gasteiger partial charge in [-0.05, 0) is 25.0 Å². The summed E-state index contributed by atoms with van der Waals surface area (Å²) >= 11 is 0. The lowest BCUT2D eigenvalue weighted by Gasteiger charge is -2.03. The first-order valence-corrected chi connectivity index (χ1v) is 8.21. The second-order valence-corrected chi connectivity index (χ2v) is 5.45. The number of nitrogens with one attached hydrogen (secondary N) is 2. The molecule has 2 rings (SSSR count). The lowest BCUT2D eigenvalue weighted by Crippen LogP contribution is -2.27. The van der Waals surface area contributed by atoms with Crippen molar-refractivity contribution in [2.75, 3.05) is 26.8 Å². The van der Waals surface area contributed by atoms with Gasteiger partial charge in [0.1, 0.15) is 0 Å². The summed E-state index contributed by atoms with van der Waals surface area (Å²) in [6.07, 6.45) is 4.36. The largest absolute Gasteiger partial charge is 0.385 e. The number of amides is 2. The average Bonchev–Trinajstić information content (AvgIpc) is 2.98. The predicted octanol–water partition coefficient (Wildman–Crippen LogP) is 1.63. The van der Waals surface area contributed by atoms with Crippen molar-refractivity contribution in [3.63, 3.8) is 0 Å². The van der Waals surface area contributed by atoms with E-state index in [2.05, 4.69) is 22.5 Å². The van der Waals surface area contributed by atoms with Crippen LogP contribution in [0.2, 0.25) is 0 Å². The summed E-state index contributed by atoms with van der Waals surface area (Å²) in [5, 5.41) is 5.64. The number of carbonyl (C=O) groups is 2. The SMILES string of the molecule is CCCCNC(=O)c1nc(C(=O)NCCCOC)n2ccccc12. The van der Waals surface area contributed by atoms with E-state index in [0.29, 0.717) is 25.2 Å². The Labute approximate surface area is 141 Å². The highest BCUT2D eigenvalue weighted by molar-refractivity contribution is 6.02. The molecule has 2 aromatic heterocycles. The average molecular weight is 332 g/mol. The summed E-state index contributed by atoms with van der Waals surface area (Å²) in [5.74, 6) is -0.353. The standard InChI is InChI=1S/C17H24N4O3/c1-3-4-9-18-16(22)14-13-8-5-6-11-21(13)15(20-14)17(23)19-10-7-12-24-2/h5-6,8,11H,3-4,7,9-10,12H2,1-2H3,(H,18,22)(H,19,23). The molecule has 2 aromatic rings. The van der Waals surface area contributed by atoms with Gasteiger partial charge in [0.15, 0.2) is 5.69 Å². The van der Waals surface area contributed by atoms with Crippen LogP contribution in [0, 0.1) is 0 Å². The van der Waals surface area contributed by atoms with Crippen molar-refractivity contribution in [2.24, 2.45) is 0 Å². The number of rotatable bonds is 9. The maximum atomic E-state index is 12.4. The molecular formula is C17H24N4O3. The third-order valence-corrected chi connectivity index (χ3v) is 3.59. The summed E-state index contributed by atoms with van der Waals surface area (Å²) in [5.41, 5.74) is 0.891. The number of imidazole rings is 1. The third-order valence-electron chi connectivity index (χ3n) is 3.59. The number of unbranched alkanes of at least 4 members (excludes halogenated alkanes) is 1. The first-order valence-electron chi connectivity index (χ1n) is 8.21. The Bertz CT molecular complexity index is 696. The lowest BCUT2D eigenvalue weighted by atomic mass is 10.3.